The summed E-state index contributed by atoms with van der Waals surface area (Å²) in [5.41, 5.74) is 5.13. The van der Waals surface area contributed by atoms with Crippen molar-refractivity contribution >= 4 is 29.1 Å². The molecule has 0 bridgehead atoms. The first kappa shape index (κ1) is 19.1. The normalized spacial score (nSPS) is 11.1. The van der Waals surface area contributed by atoms with Gasteiger partial charge in [-0.25, -0.2) is 10.4 Å². The molecule has 28 heavy (non-hydrogen) atoms. The molecule has 0 unspecified atom stereocenters. The van der Waals surface area contributed by atoms with Crippen molar-refractivity contribution in [1.82, 2.24) is 15.0 Å². The Bertz CT molecular complexity index is 1060. The van der Waals surface area contributed by atoms with Crippen LogP contribution in [0.2, 0.25) is 0 Å². The number of benzene rings is 2. The number of carbonyl (C=O) groups excluding carboxylic acids is 2. The van der Waals surface area contributed by atoms with Gasteiger partial charge in [-0.2, -0.15) is 5.10 Å². The Morgan fingerprint density at radius 1 is 1.29 bits per heavy atom. The van der Waals surface area contributed by atoms with Gasteiger partial charge in [-0.1, -0.05) is 12.1 Å². The van der Waals surface area contributed by atoms with Gasteiger partial charge in [0.15, 0.2) is 0 Å². The Labute approximate surface area is 161 Å². The lowest BCUT2D eigenvalue weighted by atomic mass is 10.2. The topological polar surface area (TPSA) is 109 Å². The number of aliphatic carboxylic acids is 1. The van der Waals surface area contributed by atoms with Crippen molar-refractivity contribution < 1.29 is 19.4 Å². The fraction of sp³-hybridized carbons (Fsp3) is 0.200. The number of carboxylic acids is 1. The second kappa shape index (κ2) is 8.34. The Hall–Kier alpha value is -3.68. The highest BCUT2D eigenvalue weighted by Gasteiger charge is 2.10. The van der Waals surface area contributed by atoms with Crippen LogP contribution >= 0.6 is 0 Å². The number of carbonyl (C=O) groups is 2. The van der Waals surface area contributed by atoms with Crippen LogP contribution in [0, 0.1) is 6.92 Å². The first-order valence-corrected chi connectivity index (χ1v) is 8.71. The number of hydrogen-bond donors (Lipinski definition) is 1. The predicted molar refractivity (Wildman–Crippen MR) is 102 cm³/mol. The van der Waals surface area contributed by atoms with Crippen molar-refractivity contribution in [3.63, 3.8) is 0 Å². The summed E-state index contributed by atoms with van der Waals surface area (Å²) < 4.78 is 7.20. The number of aryl methyl sites for hydroxylation is 2. The summed E-state index contributed by atoms with van der Waals surface area (Å²) in [5, 5.41) is 14.5. The number of nitrogens with one attached hydrogen (secondary N) is 1. The van der Waals surface area contributed by atoms with E-state index in [1.165, 1.54) is 6.21 Å². The van der Waals surface area contributed by atoms with Gasteiger partial charge < -0.3 is 19.2 Å². The molecule has 8 heteroatoms. The molecule has 0 spiro atoms. The minimum absolute atomic E-state index is 0.326. The lowest BCUT2D eigenvalue weighted by Crippen LogP contribution is -2.29. The van der Waals surface area contributed by atoms with Crippen molar-refractivity contribution in [3.8, 4) is 5.75 Å². The van der Waals surface area contributed by atoms with Gasteiger partial charge in [0, 0.05) is 17.7 Å². The van der Waals surface area contributed by atoms with E-state index in [9.17, 15) is 14.7 Å². The lowest BCUT2D eigenvalue weighted by molar-refractivity contribution is -0.307. The van der Waals surface area contributed by atoms with Crippen molar-refractivity contribution in [1.29, 1.82) is 0 Å². The minimum Gasteiger partial charge on any atom is -0.546 e. The summed E-state index contributed by atoms with van der Waals surface area (Å²) in [5.74, 6) is -0.487. The molecule has 0 atom stereocenters. The quantitative estimate of drug-likeness (QED) is 0.491. The van der Waals surface area contributed by atoms with E-state index in [0.29, 0.717) is 16.9 Å². The van der Waals surface area contributed by atoms with Crippen LogP contribution in [0.4, 0.5) is 0 Å². The van der Waals surface area contributed by atoms with Gasteiger partial charge in [0.25, 0.3) is 5.91 Å². The van der Waals surface area contributed by atoms with E-state index >= 15 is 0 Å². The maximum absolute atomic E-state index is 12.4. The SMILES string of the molecule is CCn1c(C)nc2cc(C(=O)N/N=C\c3ccccc3OCC(=O)[O-])ccc21. The molecule has 1 amide bonds. The largest absolute Gasteiger partial charge is 0.546 e. The molecule has 0 aliphatic heterocycles. The van der Waals surface area contributed by atoms with Gasteiger partial charge >= 0.3 is 0 Å². The fourth-order valence-corrected chi connectivity index (χ4v) is 2.87. The number of ether oxygens (including phenoxy) is 1. The number of imidazole rings is 1. The fourth-order valence-electron chi connectivity index (χ4n) is 2.87. The Balaban J connectivity index is 1.72. The smallest absolute Gasteiger partial charge is 0.271 e. The highest BCUT2D eigenvalue weighted by atomic mass is 16.5. The van der Waals surface area contributed by atoms with Crippen LogP contribution in [0.25, 0.3) is 11.0 Å². The maximum atomic E-state index is 12.4. The van der Waals surface area contributed by atoms with Crippen LogP contribution < -0.4 is 15.3 Å². The van der Waals surface area contributed by atoms with E-state index in [0.717, 1.165) is 23.4 Å². The van der Waals surface area contributed by atoms with Gasteiger partial charge in [0.2, 0.25) is 0 Å². The van der Waals surface area contributed by atoms with Gasteiger partial charge in [-0.05, 0) is 44.2 Å². The number of para-hydroxylation sites is 1. The first-order valence-electron chi connectivity index (χ1n) is 8.71. The van der Waals surface area contributed by atoms with Crippen molar-refractivity contribution in [2.24, 2.45) is 5.10 Å². The zero-order valence-electron chi connectivity index (χ0n) is 15.5. The number of fused-ring (bicyclic) bond motifs is 1. The summed E-state index contributed by atoms with van der Waals surface area (Å²) in [4.78, 5) is 27.4. The average Bonchev–Trinajstić information content (AvgIpc) is 3.01. The molecule has 0 fully saturated rings. The van der Waals surface area contributed by atoms with Crippen LogP contribution in [0.1, 0.15) is 28.7 Å². The Kier molecular flexibility index (Phi) is 5.69. The van der Waals surface area contributed by atoms with Crippen LogP contribution in [-0.4, -0.2) is 34.2 Å². The van der Waals surface area contributed by atoms with Crippen LogP contribution in [-0.2, 0) is 11.3 Å². The van der Waals surface area contributed by atoms with E-state index in [2.05, 4.69) is 20.1 Å². The van der Waals surface area contributed by atoms with E-state index < -0.39 is 12.6 Å². The van der Waals surface area contributed by atoms with Crippen LogP contribution in [0.3, 0.4) is 0 Å². The first-order chi connectivity index (χ1) is 13.5. The number of hydrazone groups is 1. The maximum Gasteiger partial charge on any atom is 0.271 e. The molecule has 0 aliphatic rings. The van der Waals surface area contributed by atoms with Gasteiger partial charge in [-0.3, -0.25) is 4.79 Å². The third kappa shape index (κ3) is 4.17. The summed E-state index contributed by atoms with van der Waals surface area (Å²) in [6, 6.07) is 12.0. The average molecular weight is 379 g/mol. The monoisotopic (exact) mass is 379 g/mol. The molecule has 8 nitrogen and oxygen atoms in total. The molecule has 0 radical (unpaired) electrons. The predicted octanol–water partition coefficient (Wildman–Crippen LogP) is 1.26. The number of nitrogens with zero attached hydrogens (tertiary/aromatic N) is 3. The van der Waals surface area contributed by atoms with E-state index in [1.54, 1.807) is 36.4 Å². The molecule has 144 valence electrons. The molecule has 1 heterocycles. The van der Waals surface area contributed by atoms with Gasteiger partial charge in [0.05, 0.1) is 23.2 Å². The van der Waals surface area contributed by atoms with Gasteiger partial charge in [0.1, 0.15) is 18.2 Å². The van der Waals surface area contributed by atoms with Crippen LogP contribution in [0.15, 0.2) is 47.6 Å². The lowest BCUT2D eigenvalue weighted by Gasteiger charge is -2.09. The molecular weight excluding hydrogens is 360 g/mol. The van der Waals surface area contributed by atoms with Crippen molar-refractivity contribution in [2.45, 2.75) is 20.4 Å². The molecule has 1 aromatic heterocycles. The van der Waals surface area contributed by atoms with E-state index in [1.807, 2.05) is 19.9 Å². The molecule has 1 N–H and O–H groups in total. The Morgan fingerprint density at radius 2 is 2.07 bits per heavy atom. The molecule has 0 aliphatic carbocycles. The second-order valence-corrected chi connectivity index (χ2v) is 6.00. The highest BCUT2D eigenvalue weighted by molar-refractivity contribution is 5.98. The number of amides is 1. The third-order valence-corrected chi connectivity index (χ3v) is 4.15. The van der Waals surface area contributed by atoms with Crippen LogP contribution in [0.5, 0.6) is 5.75 Å². The zero-order valence-corrected chi connectivity index (χ0v) is 15.5. The van der Waals surface area contributed by atoms with Crippen molar-refractivity contribution in [3.05, 3.63) is 59.4 Å². The van der Waals surface area contributed by atoms with E-state index in [4.69, 9.17) is 4.74 Å². The summed E-state index contributed by atoms with van der Waals surface area (Å²) in [7, 11) is 0. The van der Waals surface area contributed by atoms with Gasteiger partial charge in [-0.15, -0.1) is 0 Å². The summed E-state index contributed by atoms with van der Waals surface area (Å²) in [6.45, 7) is 4.20. The number of aromatic nitrogens is 2. The zero-order chi connectivity index (χ0) is 20.1. The standard InChI is InChI=1S/C20H20N4O4/c1-3-24-13(2)22-16-10-14(8-9-17(16)24)20(27)23-21-11-15-6-4-5-7-18(15)28-12-19(25)26/h4-11H,3,12H2,1-2H3,(H,23,27)(H,25,26)/p-1/b21-11-. The molecule has 0 saturated heterocycles. The molecule has 3 rings (SSSR count). The number of carboxylic acid groups (broad SMARTS) is 1. The summed E-state index contributed by atoms with van der Waals surface area (Å²) in [6.07, 6.45) is 1.39. The molecule has 3 aromatic rings. The summed E-state index contributed by atoms with van der Waals surface area (Å²) >= 11 is 0. The highest BCUT2D eigenvalue weighted by Crippen LogP contribution is 2.18. The van der Waals surface area contributed by atoms with Crippen molar-refractivity contribution in [2.75, 3.05) is 6.61 Å². The van der Waals surface area contributed by atoms with E-state index in [-0.39, 0.29) is 5.91 Å². The third-order valence-electron chi connectivity index (χ3n) is 4.15. The molecule has 2 aromatic carbocycles. The molecule has 0 saturated carbocycles. The number of rotatable bonds is 7. The Morgan fingerprint density at radius 3 is 2.82 bits per heavy atom. The second-order valence-electron chi connectivity index (χ2n) is 6.00. The number of hydrogen-bond acceptors (Lipinski definition) is 6. The molecular formula is C20H19N4O4-. The minimum atomic E-state index is -1.32.